The maximum atomic E-state index is 9.44. The van der Waals surface area contributed by atoms with Crippen molar-refractivity contribution < 1.29 is 0 Å². The van der Waals surface area contributed by atoms with Crippen LogP contribution >= 0.6 is 11.8 Å². The fourth-order valence-corrected chi connectivity index (χ4v) is 2.75. The van der Waals surface area contributed by atoms with E-state index in [0.29, 0.717) is 16.4 Å². The molecule has 0 unspecified atom stereocenters. The zero-order valence-electron chi connectivity index (χ0n) is 12.1. The lowest BCUT2D eigenvalue weighted by Gasteiger charge is -2.12. The van der Waals surface area contributed by atoms with Crippen molar-refractivity contribution in [1.82, 2.24) is 24.1 Å². The van der Waals surface area contributed by atoms with E-state index in [1.54, 1.807) is 23.2 Å². The molecular formula is C14H15N7S. The van der Waals surface area contributed by atoms with Gasteiger partial charge < -0.3 is 9.88 Å². The monoisotopic (exact) mass is 313 g/mol. The molecule has 22 heavy (non-hydrogen) atoms. The number of nitrogens with one attached hydrogen (secondary N) is 1. The first-order valence-corrected chi connectivity index (χ1v) is 8.07. The smallest absolute Gasteiger partial charge is 0.158 e. The fraction of sp³-hybridized carbons (Fsp3) is 0.286. The van der Waals surface area contributed by atoms with Crippen LogP contribution in [-0.4, -0.2) is 36.9 Å². The number of aryl methyl sites for hydroxylation is 1. The molecule has 0 radical (unpaired) electrons. The van der Waals surface area contributed by atoms with Gasteiger partial charge in [-0.3, -0.25) is 0 Å². The number of aromatic nitrogens is 5. The molecule has 0 aromatic carbocycles. The van der Waals surface area contributed by atoms with Crippen LogP contribution in [0.1, 0.15) is 12.0 Å². The molecule has 7 nitrogen and oxygen atoms in total. The highest BCUT2D eigenvalue weighted by Crippen LogP contribution is 2.25. The lowest BCUT2D eigenvalue weighted by Crippen LogP contribution is -2.12. The van der Waals surface area contributed by atoms with Crippen LogP contribution in [0.3, 0.4) is 0 Å². The number of imidazole rings is 1. The standard InChI is InChI=1S/C14H15N7S/c1-22-14-11(9-15)13(21-12(19-14)3-5-18-21)17-4-2-7-20-8-6-16-10-20/h3,5-6,8,10,17H,2,4,7H2,1H3. The Hall–Kier alpha value is -2.53. The molecular weight excluding hydrogens is 298 g/mol. The van der Waals surface area contributed by atoms with Gasteiger partial charge in [-0.05, 0) is 12.7 Å². The molecule has 0 saturated carbocycles. The summed E-state index contributed by atoms with van der Waals surface area (Å²) in [6.45, 7) is 1.61. The number of anilines is 1. The molecule has 3 heterocycles. The summed E-state index contributed by atoms with van der Waals surface area (Å²) in [5.74, 6) is 0.701. The molecule has 3 aromatic heterocycles. The Morgan fingerprint density at radius 3 is 3.05 bits per heavy atom. The minimum Gasteiger partial charge on any atom is -0.369 e. The van der Waals surface area contributed by atoms with Crippen LogP contribution in [0.5, 0.6) is 0 Å². The van der Waals surface area contributed by atoms with Crippen molar-refractivity contribution >= 4 is 23.2 Å². The van der Waals surface area contributed by atoms with E-state index in [4.69, 9.17) is 0 Å². The first kappa shape index (κ1) is 14.4. The Balaban J connectivity index is 1.79. The van der Waals surface area contributed by atoms with Gasteiger partial charge in [0.2, 0.25) is 0 Å². The van der Waals surface area contributed by atoms with Gasteiger partial charge in [-0.25, -0.2) is 9.97 Å². The molecule has 0 saturated heterocycles. The van der Waals surface area contributed by atoms with Gasteiger partial charge in [-0.2, -0.15) is 14.9 Å². The third-order valence-corrected chi connectivity index (χ3v) is 3.93. The third-order valence-electron chi connectivity index (χ3n) is 3.25. The van der Waals surface area contributed by atoms with Crippen molar-refractivity contribution in [2.75, 3.05) is 18.1 Å². The summed E-state index contributed by atoms with van der Waals surface area (Å²) in [6.07, 6.45) is 10.0. The second kappa shape index (κ2) is 6.49. The molecule has 3 aromatic rings. The van der Waals surface area contributed by atoms with Crippen LogP contribution in [-0.2, 0) is 6.54 Å². The molecule has 0 spiro atoms. The quantitative estimate of drug-likeness (QED) is 0.426. The van der Waals surface area contributed by atoms with Crippen molar-refractivity contribution in [1.29, 1.82) is 5.26 Å². The molecule has 0 amide bonds. The van der Waals surface area contributed by atoms with Gasteiger partial charge in [-0.15, -0.1) is 11.8 Å². The lowest BCUT2D eigenvalue weighted by atomic mass is 10.3. The molecule has 1 N–H and O–H groups in total. The predicted molar refractivity (Wildman–Crippen MR) is 84.8 cm³/mol. The van der Waals surface area contributed by atoms with Crippen LogP contribution in [0.4, 0.5) is 5.82 Å². The maximum Gasteiger partial charge on any atom is 0.158 e. The first-order chi connectivity index (χ1) is 10.8. The van der Waals surface area contributed by atoms with Crippen LogP contribution in [0.2, 0.25) is 0 Å². The highest BCUT2D eigenvalue weighted by Gasteiger charge is 2.14. The van der Waals surface area contributed by atoms with Crippen LogP contribution in [0.25, 0.3) is 5.65 Å². The van der Waals surface area contributed by atoms with Gasteiger partial charge in [0, 0.05) is 31.5 Å². The zero-order valence-corrected chi connectivity index (χ0v) is 12.9. The molecule has 0 bridgehead atoms. The number of thioether (sulfide) groups is 1. The Morgan fingerprint density at radius 1 is 1.41 bits per heavy atom. The molecule has 0 aliphatic heterocycles. The molecule has 0 aliphatic rings. The molecule has 112 valence electrons. The van der Waals surface area contributed by atoms with E-state index >= 15 is 0 Å². The summed E-state index contributed by atoms with van der Waals surface area (Å²) in [5.41, 5.74) is 1.27. The average molecular weight is 313 g/mol. The summed E-state index contributed by atoms with van der Waals surface area (Å²) in [6, 6.07) is 4.06. The first-order valence-electron chi connectivity index (χ1n) is 6.85. The van der Waals surface area contributed by atoms with E-state index in [-0.39, 0.29) is 0 Å². The van der Waals surface area contributed by atoms with E-state index in [0.717, 1.165) is 25.2 Å². The van der Waals surface area contributed by atoms with E-state index in [1.807, 2.05) is 23.1 Å². The summed E-state index contributed by atoms with van der Waals surface area (Å²) in [4.78, 5) is 8.46. The van der Waals surface area contributed by atoms with Crippen LogP contribution in [0.15, 0.2) is 36.0 Å². The Morgan fingerprint density at radius 2 is 2.32 bits per heavy atom. The second-order valence-corrected chi connectivity index (χ2v) is 5.43. The van der Waals surface area contributed by atoms with E-state index in [2.05, 4.69) is 26.5 Å². The number of fused-ring (bicyclic) bond motifs is 1. The van der Waals surface area contributed by atoms with Gasteiger partial charge in [0.15, 0.2) is 11.5 Å². The van der Waals surface area contributed by atoms with E-state index < -0.39 is 0 Å². The minimum atomic E-state index is 0.534. The van der Waals surface area contributed by atoms with Crippen molar-refractivity contribution in [3.63, 3.8) is 0 Å². The van der Waals surface area contributed by atoms with Gasteiger partial charge >= 0.3 is 0 Å². The SMILES string of the molecule is CSc1nc2ccnn2c(NCCCn2ccnc2)c1C#N. The van der Waals surface area contributed by atoms with Gasteiger partial charge in [-0.1, -0.05) is 0 Å². The Bertz CT molecular complexity index is 801. The second-order valence-electron chi connectivity index (χ2n) is 4.64. The van der Waals surface area contributed by atoms with Crippen molar-refractivity contribution in [2.24, 2.45) is 0 Å². The van der Waals surface area contributed by atoms with Crippen molar-refractivity contribution in [3.8, 4) is 6.07 Å². The maximum absolute atomic E-state index is 9.44. The average Bonchev–Trinajstić information content (AvgIpc) is 3.21. The summed E-state index contributed by atoms with van der Waals surface area (Å²) >= 11 is 1.46. The molecule has 3 rings (SSSR count). The van der Waals surface area contributed by atoms with Crippen LogP contribution in [0, 0.1) is 11.3 Å². The van der Waals surface area contributed by atoms with E-state index in [1.165, 1.54) is 11.8 Å². The van der Waals surface area contributed by atoms with E-state index in [9.17, 15) is 5.26 Å². The van der Waals surface area contributed by atoms with Crippen molar-refractivity contribution in [2.45, 2.75) is 18.0 Å². The van der Waals surface area contributed by atoms with Crippen LogP contribution < -0.4 is 5.32 Å². The topological polar surface area (TPSA) is 83.8 Å². The summed E-state index contributed by atoms with van der Waals surface area (Å²) < 4.78 is 3.70. The minimum absolute atomic E-state index is 0.534. The zero-order chi connectivity index (χ0) is 15.4. The highest BCUT2D eigenvalue weighted by molar-refractivity contribution is 7.98. The molecule has 8 heteroatoms. The number of hydrogen-bond donors (Lipinski definition) is 1. The number of rotatable bonds is 6. The normalized spacial score (nSPS) is 10.7. The Kier molecular flexibility index (Phi) is 4.25. The Labute approximate surface area is 132 Å². The summed E-state index contributed by atoms with van der Waals surface area (Å²) in [7, 11) is 0. The van der Waals surface area contributed by atoms with Crippen molar-refractivity contribution in [3.05, 3.63) is 36.5 Å². The van der Waals surface area contributed by atoms with Gasteiger partial charge in [0.05, 0.1) is 12.5 Å². The molecule has 0 aliphatic carbocycles. The lowest BCUT2D eigenvalue weighted by molar-refractivity contribution is 0.658. The fourth-order valence-electron chi connectivity index (χ4n) is 2.22. The predicted octanol–water partition coefficient (Wildman–Crippen LogP) is 2.02. The number of nitrogens with zero attached hydrogens (tertiary/aromatic N) is 6. The highest BCUT2D eigenvalue weighted by atomic mass is 32.2. The third kappa shape index (κ3) is 2.76. The largest absolute Gasteiger partial charge is 0.369 e. The molecule has 0 fully saturated rings. The number of hydrogen-bond acceptors (Lipinski definition) is 6. The van der Waals surface area contributed by atoms with Gasteiger partial charge in [0.25, 0.3) is 0 Å². The number of nitriles is 1. The summed E-state index contributed by atoms with van der Waals surface area (Å²) in [5, 5.41) is 17.7. The van der Waals surface area contributed by atoms with Gasteiger partial charge in [0.1, 0.15) is 16.7 Å². The molecule has 0 atom stereocenters.